The summed E-state index contributed by atoms with van der Waals surface area (Å²) in [4.78, 5) is 25.2. The molecule has 1 aliphatic rings. The fourth-order valence-corrected chi connectivity index (χ4v) is 1.94. The maximum atomic E-state index is 12.1. The van der Waals surface area contributed by atoms with Gasteiger partial charge in [-0.25, -0.2) is 0 Å². The molecule has 1 aliphatic heterocycles. The molecular formula is C14H16N2O3. The average Bonchev–Trinajstić information content (AvgIpc) is 2.42. The van der Waals surface area contributed by atoms with E-state index in [0.29, 0.717) is 13.0 Å². The van der Waals surface area contributed by atoms with E-state index in [2.05, 4.69) is 5.32 Å². The Morgan fingerprint density at radius 1 is 1.26 bits per heavy atom. The van der Waals surface area contributed by atoms with Crippen LogP contribution < -0.4 is 5.32 Å². The first kappa shape index (κ1) is 13.3. The minimum Gasteiger partial charge on any atom is -0.396 e. The first-order chi connectivity index (χ1) is 9.20. The van der Waals surface area contributed by atoms with Crippen LogP contribution >= 0.6 is 0 Å². The summed E-state index contributed by atoms with van der Waals surface area (Å²) in [5.74, 6) is -0.420. The Morgan fingerprint density at radius 3 is 2.68 bits per heavy atom. The van der Waals surface area contributed by atoms with Gasteiger partial charge in [-0.05, 0) is 12.0 Å². The molecule has 5 nitrogen and oxygen atoms in total. The molecule has 1 saturated heterocycles. The summed E-state index contributed by atoms with van der Waals surface area (Å²) >= 11 is 0. The fraction of sp³-hybridized carbons (Fsp3) is 0.286. The Kier molecular flexibility index (Phi) is 4.30. The minimum atomic E-state index is -0.211. The second-order valence-corrected chi connectivity index (χ2v) is 4.33. The summed E-state index contributed by atoms with van der Waals surface area (Å²) in [7, 11) is 0. The van der Waals surface area contributed by atoms with Crippen molar-refractivity contribution in [3.8, 4) is 0 Å². The van der Waals surface area contributed by atoms with Crippen LogP contribution in [0.5, 0.6) is 0 Å². The Bertz CT molecular complexity index is 497. The number of hydrogen-bond acceptors (Lipinski definition) is 3. The van der Waals surface area contributed by atoms with E-state index in [-0.39, 0.29) is 30.7 Å². The first-order valence-corrected chi connectivity index (χ1v) is 6.15. The maximum Gasteiger partial charge on any atom is 0.270 e. The Hall–Kier alpha value is -2.14. The van der Waals surface area contributed by atoms with Gasteiger partial charge in [0.05, 0.1) is 0 Å². The molecule has 1 aromatic carbocycles. The van der Waals surface area contributed by atoms with Crippen LogP contribution in [0.25, 0.3) is 0 Å². The Labute approximate surface area is 111 Å². The standard InChI is InChI=1S/C14H16N2O3/c17-8-4-7-12-14(19)16(10-13(18)15-12)9-11-5-2-1-3-6-11/h1-3,5-7,17H,4,8-10H2,(H,15,18)/b12-7-. The van der Waals surface area contributed by atoms with E-state index in [9.17, 15) is 9.59 Å². The third-order valence-corrected chi connectivity index (χ3v) is 2.82. The molecule has 0 aromatic heterocycles. The summed E-state index contributed by atoms with van der Waals surface area (Å²) in [6, 6.07) is 9.52. The molecule has 100 valence electrons. The van der Waals surface area contributed by atoms with Gasteiger partial charge in [0.1, 0.15) is 12.2 Å². The number of aliphatic hydroxyl groups is 1. The highest BCUT2D eigenvalue weighted by Gasteiger charge is 2.27. The van der Waals surface area contributed by atoms with Gasteiger partial charge in [-0.15, -0.1) is 0 Å². The summed E-state index contributed by atoms with van der Waals surface area (Å²) < 4.78 is 0. The van der Waals surface area contributed by atoms with Crippen molar-refractivity contribution in [3.05, 3.63) is 47.7 Å². The van der Waals surface area contributed by atoms with Gasteiger partial charge in [-0.1, -0.05) is 36.4 Å². The highest BCUT2D eigenvalue weighted by molar-refractivity contribution is 6.02. The van der Waals surface area contributed by atoms with Crippen LogP contribution in [0.2, 0.25) is 0 Å². The Balaban J connectivity index is 2.11. The summed E-state index contributed by atoms with van der Waals surface area (Å²) in [5.41, 5.74) is 1.23. The molecule has 1 heterocycles. The fourth-order valence-electron chi connectivity index (χ4n) is 1.94. The van der Waals surface area contributed by atoms with E-state index >= 15 is 0 Å². The molecule has 0 atom stereocenters. The zero-order valence-electron chi connectivity index (χ0n) is 10.5. The second kappa shape index (κ2) is 6.15. The van der Waals surface area contributed by atoms with Crippen LogP contribution in [0, 0.1) is 0 Å². The van der Waals surface area contributed by atoms with Gasteiger partial charge in [-0.3, -0.25) is 9.59 Å². The topological polar surface area (TPSA) is 69.6 Å². The molecule has 1 aromatic rings. The third kappa shape index (κ3) is 3.42. The van der Waals surface area contributed by atoms with E-state index in [0.717, 1.165) is 5.56 Å². The highest BCUT2D eigenvalue weighted by Crippen LogP contribution is 2.11. The van der Waals surface area contributed by atoms with Gasteiger partial charge in [-0.2, -0.15) is 0 Å². The average molecular weight is 260 g/mol. The summed E-state index contributed by atoms with van der Waals surface area (Å²) in [6.45, 7) is 0.416. The number of nitrogens with one attached hydrogen (secondary N) is 1. The lowest BCUT2D eigenvalue weighted by atomic mass is 10.1. The van der Waals surface area contributed by atoms with Crippen LogP contribution in [0.3, 0.4) is 0 Å². The van der Waals surface area contributed by atoms with Gasteiger partial charge >= 0.3 is 0 Å². The molecule has 2 amide bonds. The molecular weight excluding hydrogens is 244 g/mol. The van der Waals surface area contributed by atoms with Gasteiger partial charge in [0.15, 0.2) is 0 Å². The number of aliphatic hydroxyl groups excluding tert-OH is 1. The normalized spacial score (nSPS) is 17.7. The van der Waals surface area contributed by atoms with Crippen molar-refractivity contribution in [1.82, 2.24) is 10.2 Å². The van der Waals surface area contributed by atoms with Gasteiger partial charge in [0.25, 0.3) is 5.91 Å². The number of piperazine rings is 1. The quantitative estimate of drug-likeness (QED) is 0.770. The molecule has 2 N–H and O–H groups in total. The van der Waals surface area contributed by atoms with Crippen molar-refractivity contribution in [2.24, 2.45) is 0 Å². The maximum absolute atomic E-state index is 12.1. The number of amides is 2. The lowest BCUT2D eigenvalue weighted by Gasteiger charge is -2.28. The molecule has 0 radical (unpaired) electrons. The molecule has 0 saturated carbocycles. The predicted octanol–water partition coefficient (Wildman–Crippen LogP) is 0.411. The van der Waals surface area contributed by atoms with Gasteiger partial charge in [0, 0.05) is 13.2 Å². The van der Waals surface area contributed by atoms with E-state index in [1.165, 1.54) is 4.90 Å². The van der Waals surface area contributed by atoms with Crippen molar-refractivity contribution >= 4 is 11.8 Å². The predicted molar refractivity (Wildman–Crippen MR) is 69.8 cm³/mol. The molecule has 0 bridgehead atoms. The highest BCUT2D eigenvalue weighted by atomic mass is 16.3. The van der Waals surface area contributed by atoms with Crippen LogP contribution in [0.4, 0.5) is 0 Å². The lowest BCUT2D eigenvalue weighted by molar-refractivity contribution is -0.137. The third-order valence-electron chi connectivity index (χ3n) is 2.82. The number of carbonyl (C=O) groups excluding carboxylic acids is 2. The van der Waals surface area contributed by atoms with Gasteiger partial charge in [0.2, 0.25) is 5.91 Å². The van der Waals surface area contributed by atoms with Crippen LogP contribution in [0.1, 0.15) is 12.0 Å². The van der Waals surface area contributed by atoms with Crippen molar-refractivity contribution in [2.75, 3.05) is 13.2 Å². The monoisotopic (exact) mass is 260 g/mol. The van der Waals surface area contributed by atoms with Crippen LogP contribution in [0.15, 0.2) is 42.1 Å². The van der Waals surface area contributed by atoms with E-state index < -0.39 is 0 Å². The van der Waals surface area contributed by atoms with E-state index in [1.807, 2.05) is 30.3 Å². The molecule has 1 fully saturated rings. The largest absolute Gasteiger partial charge is 0.396 e. The number of benzene rings is 1. The molecule has 0 aliphatic carbocycles. The van der Waals surface area contributed by atoms with Crippen molar-refractivity contribution < 1.29 is 14.7 Å². The zero-order valence-corrected chi connectivity index (χ0v) is 10.5. The van der Waals surface area contributed by atoms with Crippen LogP contribution in [-0.2, 0) is 16.1 Å². The number of hydrogen-bond donors (Lipinski definition) is 2. The van der Waals surface area contributed by atoms with Gasteiger partial charge < -0.3 is 15.3 Å². The van der Waals surface area contributed by atoms with Crippen LogP contribution in [-0.4, -0.2) is 35.0 Å². The first-order valence-electron chi connectivity index (χ1n) is 6.15. The molecule has 19 heavy (non-hydrogen) atoms. The SMILES string of the molecule is O=C1CN(Cc2ccccc2)C(=O)/C(=C/CCO)N1. The summed E-state index contributed by atoms with van der Waals surface area (Å²) in [5, 5.41) is 11.3. The smallest absolute Gasteiger partial charge is 0.270 e. The molecule has 0 unspecified atom stereocenters. The molecule has 2 rings (SSSR count). The molecule has 0 spiro atoms. The van der Waals surface area contributed by atoms with Crippen molar-refractivity contribution in [3.63, 3.8) is 0 Å². The van der Waals surface area contributed by atoms with E-state index in [1.54, 1.807) is 6.08 Å². The second-order valence-electron chi connectivity index (χ2n) is 4.33. The Morgan fingerprint density at radius 2 is 2.00 bits per heavy atom. The van der Waals surface area contributed by atoms with Crippen molar-refractivity contribution in [1.29, 1.82) is 0 Å². The molecule has 5 heteroatoms. The number of rotatable bonds is 4. The summed E-state index contributed by atoms with van der Waals surface area (Å²) in [6.07, 6.45) is 1.90. The number of carbonyl (C=O) groups is 2. The van der Waals surface area contributed by atoms with E-state index in [4.69, 9.17) is 5.11 Å². The lowest BCUT2D eigenvalue weighted by Crippen LogP contribution is -2.49. The zero-order chi connectivity index (χ0) is 13.7. The van der Waals surface area contributed by atoms with Crippen molar-refractivity contribution in [2.45, 2.75) is 13.0 Å². The number of nitrogens with zero attached hydrogens (tertiary/aromatic N) is 1. The minimum absolute atomic E-state index is 0.0503.